The third kappa shape index (κ3) is 2.04. The van der Waals surface area contributed by atoms with Gasteiger partial charge in [0, 0.05) is 18.1 Å². The first-order valence-electron chi connectivity index (χ1n) is 4.97. The summed E-state index contributed by atoms with van der Waals surface area (Å²) in [6, 6.07) is 5.84. The third-order valence-corrected chi connectivity index (χ3v) is 2.39. The van der Waals surface area contributed by atoms with Crippen LogP contribution in [0.15, 0.2) is 36.9 Å². The molecule has 0 saturated heterocycles. The van der Waals surface area contributed by atoms with Gasteiger partial charge in [-0.1, -0.05) is 12.2 Å². The van der Waals surface area contributed by atoms with E-state index in [0.29, 0.717) is 0 Å². The van der Waals surface area contributed by atoms with E-state index in [4.69, 9.17) is 9.47 Å². The summed E-state index contributed by atoms with van der Waals surface area (Å²) < 4.78 is 10.9. The van der Waals surface area contributed by atoms with Crippen LogP contribution in [0.25, 0.3) is 6.08 Å². The first-order valence-corrected chi connectivity index (χ1v) is 4.97. The highest BCUT2D eigenvalue weighted by Gasteiger charge is 2.13. The van der Waals surface area contributed by atoms with Gasteiger partial charge >= 0.3 is 0 Å². The molecular formula is C13H14O2. The Bertz CT molecular complexity index is 394. The van der Waals surface area contributed by atoms with E-state index in [2.05, 4.69) is 18.7 Å². The van der Waals surface area contributed by atoms with Crippen molar-refractivity contribution < 1.29 is 9.47 Å². The van der Waals surface area contributed by atoms with Crippen molar-refractivity contribution >= 4 is 6.08 Å². The van der Waals surface area contributed by atoms with Gasteiger partial charge < -0.3 is 9.47 Å². The van der Waals surface area contributed by atoms with Crippen LogP contribution in [0.4, 0.5) is 0 Å². The second-order valence-electron chi connectivity index (χ2n) is 3.44. The van der Waals surface area contributed by atoms with E-state index < -0.39 is 0 Å². The zero-order valence-electron chi connectivity index (χ0n) is 8.77. The number of benzene rings is 1. The van der Waals surface area contributed by atoms with Crippen molar-refractivity contribution in [1.82, 2.24) is 0 Å². The molecule has 0 aromatic heterocycles. The monoisotopic (exact) mass is 202 g/mol. The molecule has 1 aliphatic heterocycles. The van der Waals surface area contributed by atoms with Gasteiger partial charge in [0.2, 0.25) is 0 Å². The number of hydrogen-bond donors (Lipinski definition) is 0. The molecule has 0 saturated carbocycles. The van der Waals surface area contributed by atoms with Crippen LogP contribution in [-0.4, -0.2) is 13.2 Å². The first-order chi connectivity index (χ1) is 7.33. The predicted octanol–water partition coefficient (Wildman–Crippen LogP) is 3.05. The summed E-state index contributed by atoms with van der Waals surface area (Å²) in [5.41, 5.74) is 1.09. The van der Waals surface area contributed by atoms with E-state index in [-0.39, 0.29) is 6.10 Å². The van der Waals surface area contributed by atoms with Crippen LogP contribution in [0.1, 0.15) is 12.0 Å². The number of rotatable bonds is 3. The fourth-order valence-electron chi connectivity index (χ4n) is 1.59. The van der Waals surface area contributed by atoms with Crippen LogP contribution in [0.3, 0.4) is 0 Å². The van der Waals surface area contributed by atoms with E-state index in [1.54, 1.807) is 7.11 Å². The second-order valence-corrected chi connectivity index (χ2v) is 3.44. The van der Waals surface area contributed by atoms with E-state index in [0.717, 1.165) is 23.5 Å². The maximum absolute atomic E-state index is 5.78. The summed E-state index contributed by atoms with van der Waals surface area (Å²) in [6.07, 6.45) is 6.91. The van der Waals surface area contributed by atoms with Gasteiger partial charge in [0.1, 0.15) is 17.6 Å². The SMILES string of the molecule is C=CCC1C=Cc2ccc(OC)cc2O1. The highest BCUT2D eigenvalue weighted by atomic mass is 16.5. The van der Waals surface area contributed by atoms with Crippen molar-refractivity contribution in [2.75, 3.05) is 7.11 Å². The smallest absolute Gasteiger partial charge is 0.131 e. The average molecular weight is 202 g/mol. The molecule has 0 N–H and O–H groups in total. The number of methoxy groups -OCH3 is 1. The molecule has 1 atom stereocenters. The highest BCUT2D eigenvalue weighted by Crippen LogP contribution is 2.30. The molecule has 2 nitrogen and oxygen atoms in total. The molecule has 0 radical (unpaired) electrons. The Morgan fingerprint density at radius 3 is 3.13 bits per heavy atom. The largest absolute Gasteiger partial charge is 0.497 e. The molecule has 0 aliphatic carbocycles. The molecule has 0 fully saturated rings. The van der Waals surface area contributed by atoms with Crippen LogP contribution in [-0.2, 0) is 0 Å². The summed E-state index contributed by atoms with van der Waals surface area (Å²) in [5, 5.41) is 0. The molecule has 1 aliphatic rings. The molecule has 0 bridgehead atoms. The van der Waals surface area contributed by atoms with Crippen LogP contribution in [0.2, 0.25) is 0 Å². The molecule has 0 amide bonds. The van der Waals surface area contributed by atoms with Gasteiger partial charge in [-0.05, 0) is 18.2 Å². The van der Waals surface area contributed by atoms with Crippen LogP contribution in [0, 0.1) is 0 Å². The van der Waals surface area contributed by atoms with Crippen molar-refractivity contribution in [2.45, 2.75) is 12.5 Å². The lowest BCUT2D eigenvalue weighted by Gasteiger charge is -2.20. The number of fused-ring (bicyclic) bond motifs is 1. The molecule has 2 rings (SSSR count). The van der Waals surface area contributed by atoms with Gasteiger partial charge in [-0.2, -0.15) is 0 Å². The topological polar surface area (TPSA) is 18.5 Å². The van der Waals surface area contributed by atoms with E-state index in [1.165, 1.54) is 0 Å². The fourth-order valence-corrected chi connectivity index (χ4v) is 1.59. The molecule has 1 unspecified atom stereocenters. The fraction of sp³-hybridized carbons (Fsp3) is 0.231. The second kappa shape index (κ2) is 4.22. The minimum absolute atomic E-state index is 0.0992. The van der Waals surface area contributed by atoms with Gasteiger partial charge in [-0.3, -0.25) is 0 Å². The van der Waals surface area contributed by atoms with Gasteiger partial charge in [-0.15, -0.1) is 6.58 Å². The molecule has 1 aromatic rings. The molecular weight excluding hydrogens is 188 g/mol. The molecule has 0 spiro atoms. The maximum atomic E-state index is 5.78. The van der Waals surface area contributed by atoms with Crippen molar-refractivity contribution in [3.05, 3.63) is 42.5 Å². The lowest BCUT2D eigenvalue weighted by Crippen LogP contribution is -2.15. The van der Waals surface area contributed by atoms with Gasteiger partial charge in [-0.25, -0.2) is 0 Å². The van der Waals surface area contributed by atoms with Crippen molar-refractivity contribution in [3.8, 4) is 11.5 Å². The Labute approximate surface area is 89.8 Å². The minimum Gasteiger partial charge on any atom is -0.497 e. The van der Waals surface area contributed by atoms with Crippen molar-refractivity contribution in [3.63, 3.8) is 0 Å². The van der Waals surface area contributed by atoms with Crippen LogP contribution in [0.5, 0.6) is 11.5 Å². The Hall–Kier alpha value is -1.70. The Morgan fingerprint density at radius 2 is 2.40 bits per heavy atom. The van der Waals surface area contributed by atoms with Gasteiger partial charge in [0.05, 0.1) is 7.11 Å². The molecule has 1 heterocycles. The van der Waals surface area contributed by atoms with Crippen molar-refractivity contribution in [2.24, 2.45) is 0 Å². The quantitative estimate of drug-likeness (QED) is 0.701. The summed E-state index contributed by atoms with van der Waals surface area (Å²) in [5.74, 6) is 1.70. The Kier molecular flexibility index (Phi) is 2.77. The Balaban J connectivity index is 2.25. The zero-order valence-corrected chi connectivity index (χ0v) is 8.77. The van der Waals surface area contributed by atoms with E-state index >= 15 is 0 Å². The molecule has 1 aromatic carbocycles. The lowest BCUT2D eigenvalue weighted by molar-refractivity contribution is 0.248. The summed E-state index contributed by atoms with van der Waals surface area (Å²) in [7, 11) is 1.65. The lowest BCUT2D eigenvalue weighted by atomic mass is 10.1. The number of ether oxygens (including phenoxy) is 2. The summed E-state index contributed by atoms with van der Waals surface area (Å²) in [4.78, 5) is 0. The standard InChI is InChI=1S/C13H14O2/c1-3-4-11-7-5-10-6-8-12(14-2)9-13(10)15-11/h3,5-9,11H,1,4H2,2H3. The van der Waals surface area contributed by atoms with Gasteiger partial charge in [0.15, 0.2) is 0 Å². The maximum Gasteiger partial charge on any atom is 0.131 e. The number of hydrogen-bond acceptors (Lipinski definition) is 2. The summed E-state index contributed by atoms with van der Waals surface area (Å²) >= 11 is 0. The highest BCUT2D eigenvalue weighted by molar-refractivity contribution is 5.61. The third-order valence-electron chi connectivity index (χ3n) is 2.39. The van der Waals surface area contributed by atoms with E-state index in [1.807, 2.05) is 24.3 Å². The van der Waals surface area contributed by atoms with Crippen LogP contribution >= 0.6 is 0 Å². The van der Waals surface area contributed by atoms with Crippen LogP contribution < -0.4 is 9.47 Å². The summed E-state index contributed by atoms with van der Waals surface area (Å²) in [6.45, 7) is 3.71. The molecule has 78 valence electrons. The first kappa shape index (κ1) is 9.84. The normalized spacial score (nSPS) is 17.8. The molecule has 2 heteroatoms. The minimum atomic E-state index is 0.0992. The average Bonchev–Trinajstić information content (AvgIpc) is 2.28. The predicted molar refractivity (Wildman–Crippen MR) is 61.3 cm³/mol. The van der Waals surface area contributed by atoms with Crippen molar-refractivity contribution in [1.29, 1.82) is 0 Å². The molecule has 15 heavy (non-hydrogen) atoms. The zero-order chi connectivity index (χ0) is 10.7. The Morgan fingerprint density at radius 1 is 1.53 bits per heavy atom. The van der Waals surface area contributed by atoms with E-state index in [9.17, 15) is 0 Å². The van der Waals surface area contributed by atoms with Gasteiger partial charge in [0.25, 0.3) is 0 Å².